The summed E-state index contributed by atoms with van der Waals surface area (Å²) in [6, 6.07) is 0. The first kappa shape index (κ1) is 21.3. The molecule has 0 fully saturated rings. The van der Waals surface area contributed by atoms with Gasteiger partial charge in [0.2, 0.25) is 0 Å². The Labute approximate surface area is 126 Å². The van der Waals surface area contributed by atoms with Gasteiger partial charge in [0.25, 0.3) is 0 Å². The summed E-state index contributed by atoms with van der Waals surface area (Å²) >= 11 is 0. The number of hydrogen-bond acceptors (Lipinski definition) is 3. The lowest BCUT2D eigenvalue weighted by Gasteiger charge is -2.20. The topological polar surface area (TPSA) is 127 Å². The first-order valence-corrected chi connectivity index (χ1v) is 11.0. The fourth-order valence-electron chi connectivity index (χ4n) is 2.04. The van der Waals surface area contributed by atoms with Crippen LogP contribution < -0.4 is 5.32 Å². The summed E-state index contributed by atoms with van der Waals surface area (Å²) in [4.78, 5) is 35.8. The SMILES string of the molecule is CCCCCCCCCCNC(CP(=O)(O)O)P(=O)(O)O. The van der Waals surface area contributed by atoms with Gasteiger partial charge in [0.05, 0.1) is 6.16 Å². The van der Waals surface area contributed by atoms with E-state index in [-0.39, 0.29) is 0 Å². The second-order valence-corrected chi connectivity index (χ2v) is 8.88. The second kappa shape index (κ2) is 10.9. The molecule has 0 saturated carbocycles. The van der Waals surface area contributed by atoms with Gasteiger partial charge >= 0.3 is 15.2 Å². The maximum absolute atomic E-state index is 11.2. The predicted octanol–water partition coefficient (Wildman–Crippen LogP) is 2.40. The highest BCUT2D eigenvalue weighted by Gasteiger charge is 2.34. The second-order valence-electron chi connectivity index (χ2n) is 5.38. The molecule has 0 amide bonds. The van der Waals surface area contributed by atoms with Crippen molar-refractivity contribution in [3.05, 3.63) is 0 Å². The molecular weight excluding hydrogens is 316 g/mol. The fraction of sp³-hybridized carbons (Fsp3) is 1.00. The van der Waals surface area contributed by atoms with Crippen LogP contribution in [0.3, 0.4) is 0 Å². The lowest BCUT2D eigenvalue weighted by molar-refractivity contribution is 0.335. The highest BCUT2D eigenvalue weighted by Crippen LogP contribution is 2.47. The molecule has 128 valence electrons. The molecule has 21 heavy (non-hydrogen) atoms. The minimum absolute atomic E-state index is 0.352. The van der Waals surface area contributed by atoms with Crippen molar-refractivity contribution in [3.63, 3.8) is 0 Å². The van der Waals surface area contributed by atoms with Crippen LogP contribution in [-0.4, -0.2) is 38.1 Å². The summed E-state index contributed by atoms with van der Waals surface area (Å²) < 4.78 is 22.0. The molecule has 5 N–H and O–H groups in total. The van der Waals surface area contributed by atoms with E-state index in [9.17, 15) is 9.13 Å². The standard InChI is InChI=1S/C12H29NO6P2/c1-2-3-4-5-6-7-8-9-10-13-12(21(17,18)19)11-20(14,15)16/h12-13H,2-11H2,1H3,(H2,14,15,16)(H2,17,18,19). The maximum Gasteiger partial charge on any atom is 0.342 e. The molecule has 7 nitrogen and oxygen atoms in total. The van der Waals surface area contributed by atoms with Gasteiger partial charge in [0.1, 0.15) is 5.78 Å². The van der Waals surface area contributed by atoms with Crippen LogP contribution >= 0.6 is 15.2 Å². The van der Waals surface area contributed by atoms with E-state index in [4.69, 9.17) is 19.6 Å². The molecule has 0 spiro atoms. The van der Waals surface area contributed by atoms with E-state index >= 15 is 0 Å². The van der Waals surface area contributed by atoms with Crippen molar-refractivity contribution in [2.45, 2.75) is 64.1 Å². The summed E-state index contributed by atoms with van der Waals surface area (Å²) in [6.45, 7) is 2.52. The molecule has 1 unspecified atom stereocenters. The Morgan fingerprint density at radius 2 is 1.33 bits per heavy atom. The molecule has 0 aliphatic heterocycles. The summed E-state index contributed by atoms with van der Waals surface area (Å²) in [5, 5.41) is 2.57. The van der Waals surface area contributed by atoms with Gasteiger partial charge < -0.3 is 24.9 Å². The van der Waals surface area contributed by atoms with E-state index in [2.05, 4.69) is 12.2 Å². The van der Waals surface area contributed by atoms with E-state index in [1.165, 1.54) is 25.7 Å². The van der Waals surface area contributed by atoms with Crippen LogP contribution in [0.15, 0.2) is 0 Å². The van der Waals surface area contributed by atoms with E-state index in [1.807, 2.05) is 0 Å². The van der Waals surface area contributed by atoms with Crippen LogP contribution in [-0.2, 0) is 9.13 Å². The molecule has 0 rings (SSSR count). The van der Waals surface area contributed by atoms with Crippen LogP contribution in [0.1, 0.15) is 58.3 Å². The van der Waals surface area contributed by atoms with Gasteiger partial charge in [-0.25, -0.2) is 0 Å². The Morgan fingerprint density at radius 3 is 1.76 bits per heavy atom. The quantitative estimate of drug-likeness (QED) is 0.256. The summed E-state index contributed by atoms with van der Waals surface area (Å²) in [5.74, 6) is -1.47. The monoisotopic (exact) mass is 345 g/mol. The van der Waals surface area contributed by atoms with E-state index in [0.717, 1.165) is 25.7 Å². The first-order chi connectivity index (χ1) is 9.67. The van der Waals surface area contributed by atoms with Crippen LogP contribution in [0.2, 0.25) is 0 Å². The first-order valence-electron chi connectivity index (χ1n) is 7.50. The van der Waals surface area contributed by atoms with Crippen molar-refractivity contribution in [1.29, 1.82) is 0 Å². The van der Waals surface area contributed by atoms with E-state index in [1.54, 1.807) is 0 Å². The van der Waals surface area contributed by atoms with Crippen molar-refractivity contribution < 1.29 is 28.7 Å². The molecule has 0 heterocycles. The molecule has 0 aromatic carbocycles. The van der Waals surface area contributed by atoms with Gasteiger partial charge in [0, 0.05) is 0 Å². The third-order valence-electron chi connectivity index (χ3n) is 3.23. The molecule has 0 aliphatic rings. The zero-order valence-electron chi connectivity index (χ0n) is 12.6. The van der Waals surface area contributed by atoms with E-state index < -0.39 is 27.1 Å². The smallest absolute Gasteiger partial charge is 0.324 e. The van der Waals surface area contributed by atoms with Crippen LogP contribution in [0, 0.1) is 0 Å². The van der Waals surface area contributed by atoms with Crippen molar-refractivity contribution in [1.82, 2.24) is 5.32 Å². The number of nitrogens with one attached hydrogen (secondary N) is 1. The van der Waals surface area contributed by atoms with Crippen LogP contribution in [0.25, 0.3) is 0 Å². The average molecular weight is 345 g/mol. The fourth-order valence-corrected chi connectivity index (χ4v) is 4.48. The molecule has 0 aromatic rings. The van der Waals surface area contributed by atoms with Gasteiger partial charge in [-0.1, -0.05) is 51.9 Å². The summed E-state index contributed by atoms with van der Waals surface area (Å²) in [7, 11) is -9.00. The van der Waals surface area contributed by atoms with Gasteiger partial charge in [-0.05, 0) is 13.0 Å². The zero-order chi connectivity index (χ0) is 16.4. The maximum atomic E-state index is 11.2. The molecule has 9 heteroatoms. The Balaban J connectivity index is 3.80. The van der Waals surface area contributed by atoms with Gasteiger partial charge in [0.15, 0.2) is 0 Å². The molecule has 0 aromatic heterocycles. The third-order valence-corrected chi connectivity index (χ3v) is 5.53. The lowest BCUT2D eigenvalue weighted by Crippen LogP contribution is -2.33. The molecule has 0 bridgehead atoms. The Kier molecular flexibility index (Phi) is 11.0. The van der Waals surface area contributed by atoms with Crippen molar-refractivity contribution in [2.24, 2.45) is 0 Å². The highest BCUT2D eigenvalue weighted by atomic mass is 31.2. The van der Waals surface area contributed by atoms with Crippen LogP contribution in [0.4, 0.5) is 0 Å². The molecule has 0 saturated heterocycles. The van der Waals surface area contributed by atoms with Gasteiger partial charge in [-0.2, -0.15) is 0 Å². The van der Waals surface area contributed by atoms with Crippen molar-refractivity contribution in [3.8, 4) is 0 Å². The van der Waals surface area contributed by atoms with Gasteiger partial charge in [-0.3, -0.25) is 9.13 Å². The largest absolute Gasteiger partial charge is 0.342 e. The minimum Gasteiger partial charge on any atom is -0.324 e. The average Bonchev–Trinajstić information content (AvgIpc) is 2.32. The van der Waals surface area contributed by atoms with E-state index in [0.29, 0.717) is 6.54 Å². The number of hydrogen-bond donors (Lipinski definition) is 5. The molecule has 1 atom stereocenters. The molecule has 0 radical (unpaired) electrons. The highest BCUT2D eigenvalue weighted by molar-refractivity contribution is 7.56. The molecule has 0 aliphatic carbocycles. The lowest BCUT2D eigenvalue weighted by atomic mass is 10.1. The molecular formula is C12H29NO6P2. The normalized spacial score (nSPS) is 14.3. The van der Waals surface area contributed by atoms with Crippen molar-refractivity contribution in [2.75, 3.05) is 12.7 Å². The van der Waals surface area contributed by atoms with Crippen molar-refractivity contribution >= 4 is 15.2 Å². The Bertz CT molecular complexity index is 354. The third kappa shape index (κ3) is 13.6. The zero-order valence-corrected chi connectivity index (χ0v) is 14.4. The van der Waals surface area contributed by atoms with Gasteiger partial charge in [-0.15, -0.1) is 0 Å². The minimum atomic E-state index is -4.55. The Morgan fingerprint density at radius 1 is 0.857 bits per heavy atom. The number of unbranched alkanes of at least 4 members (excludes halogenated alkanes) is 7. The summed E-state index contributed by atoms with van der Waals surface area (Å²) in [5.41, 5.74) is 0. The number of rotatable bonds is 13. The summed E-state index contributed by atoms with van der Waals surface area (Å²) in [6.07, 6.45) is 8.01. The van der Waals surface area contributed by atoms with Crippen LogP contribution in [0.5, 0.6) is 0 Å². The predicted molar refractivity (Wildman–Crippen MR) is 83.4 cm³/mol. The Hall–Kier alpha value is 0.260.